The first-order chi connectivity index (χ1) is 9.32. The molecule has 0 aromatic heterocycles. The molecule has 1 aliphatic heterocycles. The third-order valence-corrected chi connectivity index (χ3v) is 3.60. The lowest BCUT2D eigenvalue weighted by Crippen LogP contribution is -2.48. The lowest BCUT2D eigenvalue weighted by molar-refractivity contribution is -0.253. The first-order valence-corrected chi connectivity index (χ1v) is 6.43. The molecule has 20 heavy (non-hydrogen) atoms. The lowest BCUT2D eigenvalue weighted by atomic mass is 10.0. The normalized spacial score (nSPS) is 23.1. The molecular formula is C14H16F3NO2. The molecule has 0 radical (unpaired) electrons. The van der Waals surface area contributed by atoms with Crippen LogP contribution in [0.1, 0.15) is 18.4 Å². The number of carbonyl (C=O) groups is 1. The molecule has 2 rings (SSSR count). The monoisotopic (exact) mass is 287 g/mol. The number of amides is 1. The van der Waals surface area contributed by atoms with Crippen molar-refractivity contribution in [3.8, 4) is 0 Å². The molecule has 6 heteroatoms. The molecule has 3 nitrogen and oxygen atoms in total. The van der Waals surface area contributed by atoms with Crippen LogP contribution in [0.3, 0.4) is 0 Å². The molecule has 0 aliphatic carbocycles. The third kappa shape index (κ3) is 3.12. The fourth-order valence-electron chi connectivity index (χ4n) is 2.29. The summed E-state index contributed by atoms with van der Waals surface area (Å²) in [5.41, 5.74) is -1.79. The van der Waals surface area contributed by atoms with Gasteiger partial charge in [-0.2, -0.15) is 13.2 Å². The molecule has 0 bridgehead atoms. The minimum atomic E-state index is -4.69. The molecule has 0 saturated carbocycles. The Morgan fingerprint density at radius 1 is 1.30 bits per heavy atom. The van der Waals surface area contributed by atoms with Gasteiger partial charge in [0.05, 0.1) is 6.54 Å². The van der Waals surface area contributed by atoms with Gasteiger partial charge in [-0.05, 0) is 12.0 Å². The minimum Gasteiger partial charge on any atom is -0.379 e. The second-order valence-corrected chi connectivity index (χ2v) is 5.08. The van der Waals surface area contributed by atoms with Crippen molar-refractivity contribution in [1.82, 2.24) is 4.90 Å². The van der Waals surface area contributed by atoms with Crippen LogP contribution in [0.4, 0.5) is 13.2 Å². The van der Waals surface area contributed by atoms with Gasteiger partial charge < -0.3 is 10.0 Å². The van der Waals surface area contributed by atoms with Crippen LogP contribution >= 0.6 is 0 Å². The van der Waals surface area contributed by atoms with Gasteiger partial charge in [-0.1, -0.05) is 30.3 Å². The summed E-state index contributed by atoms with van der Waals surface area (Å²) in [6.45, 7) is -0.715. The number of carbonyl (C=O) groups excluding carboxylic acids is 1. The highest BCUT2D eigenvalue weighted by atomic mass is 19.4. The maximum absolute atomic E-state index is 12.6. The molecule has 1 fully saturated rings. The van der Waals surface area contributed by atoms with Crippen LogP contribution in [0, 0.1) is 0 Å². The van der Waals surface area contributed by atoms with E-state index in [0.717, 1.165) is 10.5 Å². The quantitative estimate of drug-likeness (QED) is 0.925. The van der Waals surface area contributed by atoms with Crippen LogP contribution in [0.2, 0.25) is 0 Å². The standard InChI is InChI=1S/C14H16F3NO2/c15-14(16,17)13(20)8-9-18(10-13)12(19)7-6-11-4-2-1-3-5-11/h1-5,20H,6-10H2/t13-/m0/s1. The average molecular weight is 287 g/mol. The number of halogens is 3. The molecule has 0 spiro atoms. The first kappa shape index (κ1) is 14.8. The Hall–Kier alpha value is -1.56. The average Bonchev–Trinajstić information content (AvgIpc) is 2.81. The van der Waals surface area contributed by atoms with Crippen LogP contribution in [-0.2, 0) is 11.2 Å². The summed E-state index contributed by atoms with van der Waals surface area (Å²) in [5.74, 6) is -0.353. The summed E-state index contributed by atoms with van der Waals surface area (Å²) in [6.07, 6.45) is -4.51. The molecule has 1 heterocycles. The molecule has 1 aromatic carbocycles. The summed E-state index contributed by atoms with van der Waals surface area (Å²) < 4.78 is 37.9. The Morgan fingerprint density at radius 3 is 2.50 bits per heavy atom. The van der Waals surface area contributed by atoms with E-state index in [1.807, 2.05) is 30.3 Å². The number of benzene rings is 1. The topological polar surface area (TPSA) is 40.5 Å². The first-order valence-electron chi connectivity index (χ1n) is 6.43. The van der Waals surface area contributed by atoms with Gasteiger partial charge in [0.1, 0.15) is 0 Å². The number of hydrogen-bond donors (Lipinski definition) is 1. The predicted octanol–water partition coefficient (Wildman–Crippen LogP) is 2.14. The van der Waals surface area contributed by atoms with Crippen LogP contribution in [0.25, 0.3) is 0 Å². The maximum Gasteiger partial charge on any atom is 0.419 e. The van der Waals surface area contributed by atoms with Gasteiger partial charge in [0.25, 0.3) is 0 Å². The van der Waals surface area contributed by atoms with Crippen molar-refractivity contribution < 1.29 is 23.1 Å². The van der Waals surface area contributed by atoms with E-state index >= 15 is 0 Å². The van der Waals surface area contributed by atoms with E-state index in [1.165, 1.54) is 0 Å². The zero-order valence-corrected chi connectivity index (χ0v) is 10.9. The van der Waals surface area contributed by atoms with Crippen LogP contribution in [-0.4, -0.2) is 40.8 Å². The lowest BCUT2D eigenvalue weighted by Gasteiger charge is -2.25. The van der Waals surface area contributed by atoms with E-state index in [9.17, 15) is 23.1 Å². The zero-order valence-electron chi connectivity index (χ0n) is 10.9. The Kier molecular flexibility index (Phi) is 4.04. The van der Waals surface area contributed by atoms with Crippen molar-refractivity contribution in [2.24, 2.45) is 0 Å². The van der Waals surface area contributed by atoms with Crippen molar-refractivity contribution in [2.75, 3.05) is 13.1 Å². The Balaban J connectivity index is 1.89. The number of nitrogens with zero attached hydrogens (tertiary/aromatic N) is 1. The summed E-state index contributed by atoms with van der Waals surface area (Å²) in [6, 6.07) is 9.28. The fourth-order valence-corrected chi connectivity index (χ4v) is 2.29. The Morgan fingerprint density at radius 2 is 1.95 bits per heavy atom. The van der Waals surface area contributed by atoms with Gasteiger partial charge in [0.15, 0.2) is 5.60 Å². The van der Waals surface area contributed by atoms with E-state index in [-0.39, 0.29) is 18.9 Å². The van der Waals surface area contributed by atoms with Crippen LogP contribution < -0.4 is 0 Å². The van der Waals surface area contributed by atoms with E-state index in [2.05, 4.69) is 0 Å². The molecule has 1 aromatic rings. The van der Waals surface area contributed by atoms with Crippen LogP contribution in [0.5, 0.6) is 0 Å². The number of likely N-dealkylation sites (tertiary alicyclic amines) is 1. The Bertz CT molecular complexity index is 475. The largest absolute Gasteiger partial charge is 0.419 e. The maximum atomic E-state index is 12.6. The predicted molar refractivity (Wildman–Crippen MR) is 67.0 cm³/mol. The highest BCUT2D eigenvalue weighted by Crippen LogP contribution is 2.37. The molecule has 1 aliphatic rings. The third-order valence-electron chi connectivity index (χ3n) is 3.60. The Labute approximate surface area is 115 Å². The van der Waals surface area contributed by atoms with Gasteiger partial charge in [-0.25, -0.2) is 0 Å². The fraction of sp³-hybridized carbons (Fsp3) is 0.500. The molecule has 0 unspecified atom stereocenters. The van der Waals surface area contributed by atoms with Gasteiger partial charge in [0, 0.05) is 19.4 Å². The summed E-state index contributed by atoms with van der Waals surface area (Å²) in [7, 11) is 0. The minimum absolute atomic E-state index is 0.0520. The van der Waals surface area contributed by atoms with Crippen molar-refractivity contribution in [2.45, 2.75) is 31.0 Å². The summed E-state index contributed by atoms with van der Waals surface area (Å²) >= 11 is 0. The van der Waals surface area contributed by atoms with E-state index in [1.54, 1.807) is 0 Å². The van der Waals surface area contributed by atoms with Crippen molar-refractivity contribution in [3.63, 3.8) is 0 Å². The highest BCUT2D eigenvalue weighted by Gasteiger charge is 2.57. The SMILES string of the molecule is O=C(CCc1ccccc1)N1CC[C@@](O)(C(F)(F)F)C1. The number of alkyl halides is 3. The molecule has 1 saturated heterocycles. The van der Waals surface area contributed by atoms with E-state index < -0.39 is 24.7 Å². The van der Waals surface area contributed by atoms with Gasteiger partial charge in [-0.3, -0.25) is 4.79 Å². The van der Waals surface area contributed by atoms with Crippen molar-refractivity contribution in [1.29, 1.82) is 0 Å². The van der Waals surface area contributed by atoms with Crippen LogP contribution in [0.15, 0.2) is 30.3 Å². The smallest absolute Gasteiger partial charge is 0.379 e. The number of β-amino-alcohol motifs (C(OH)–C–C–N with tert-alkyl or cyclic N) is 1. The van der Waals surface area contributed by atoms with Crippen molar-refractivity contribution >= 4 is 5.91 Å². The van der Waals surface area contributed by atoms with Gasteiger partial charge >= 0.3 is 6.18 Å². The van der Waals surface area contributed by atoms with Gasteiger partial charge in [0.2, 0.25) is 5.91 Å². The molecule has 1 atom stereocenters. The van der Waals surface area contributed by atoms with Crippen molar-refractivity contribution in [3.05, 3.63) is 35.9 Å². The number of aliphatic hydroxyl groups is 1. The van der Waals surface area contributed by atoms with E-state index in [0.29, 0.717) is 6.42 Å². The zero-order chi connectivity index (χ0) is 14.8. The number of rotatable bonds is 3. The highest BCUT2D eigenvalue weighted by molar-refractivity contribution is 5.77. The molecule has 1 N–H and O–H groups in total. The second kappa shape index (κ2) is 5.44. The van der Waals surface area contributed by atoms with E-state index in [4.69, 9.17) is 0 Å². The molecule has 110 valence electrons. The number of hydrogen-bond acceptors (Lipinski definition) is 2. The van der Waals surface area contributed by atoms with Gasteiger partial charge in [-0.15, -0.1) is 0 Å². The molecular weight excluding hydrogens is 271 g/mol. The summed E-state index contributed by atoms with van der Waals surface area (Å²) in [4.78, 5) is 13.0. The number of aryl methyl sites for hydroxylation is 1. The molecule has 1 amide bonds. The summed E-state index contributed by atoms with van der Waals surface area (Å²) in [5, 5.41) is 9.51. The second-order valence-electron chi connectivity index (χ2n) is 5.08.